The van der Waals surface area contributed by atoms with Crippen molar-refractivity contribution in [2.75, 3.05) is 6.54 Å². The molecule has 1 rings (SSSR count). The second kappa shape index (κ2) is 6.55. The minimum absolute atomic E-state index is 0.116. The molecule has 1 N–H and O–H groups in total. The van der Waals surface area contributed by atoms with Gasteiger partial charge in [0, 0.05) is 0 Å². The highest BCUT2D eigenvalue weighted by atomic mass is 19.1. The topological polar surface area (TPSA) is 55.4 Å². The summed E-state index contributed by atoms with van der Waals surface area (Å²) in [6.07, 6.45) is -2.31. The lowest BCUT2D eigenvalue weighted by Crippen LogP contribution is -2.31. The van der Waals surface area contributed by atoms with Crippen LogP contribution in [0.3, 0.4) is 0 Å². The Morgan fingerprint density at radius 2 is 2.12 bits per heavy atom. The number of amides is 1. The quantitative estimate of drug-likeness (QED) is 0.771. The third kappa shape index (κ3) is 4.54. The van der Waals surface area contributed by atoms with Crippen LogP contribution in [-0.2, 0) is 16.1 Å². The first-order valence-corrected chi connectivity index (χ1v) is 4.76. The number of alkyl carbamates (subject to hydrolysis) is 1. The molecule has 0 unspecified atom stereocenters. The predicted molar refractivity (Wildman–Crippen MR) is 55.6 cm³/mol. The van der Waals surface area contributed by atoms with E-state index in [4.69, 9.17) is 4.74 Å². The lowest BCUT2D eigenvalue weighted by atomic mass is 10.2. The van der Waals surface area contributed by atoms with Crippen LogP contribution in [0.4, 0.5) is 9.18 Å². The largest absolute Gasteiger partial charge is 0.445 e. The number of carbonyl (C=O) groups is 2. The molecule has 16 heavy (non-hydrogen) atoms. The fourth-order valence-corrected chi connectivity index (χ4v) is 1.00. The van der Waals surface area contributed by atoms with Gasteiger partial charge in [-0.2, -0.15) is 0 Å². The monoisotopic (exact) mass is 225 g/mol. The smallest absolute Gasteiger partial charge is 0.407 e. The van der Waals surface area contributed by atoms with Crippen molar-refractivity contribution in [1.29, 1.82) is 0 Å². The van der Waals surface area contributed by atoms with Crippen LogP contribution in [-0.4, -0.2) is 25.1 Å². The SMILES string of the molecule is O=C[C@@H](F)CNC(=O)OCc1ccccc1. The molecule has 0 spiro atoms. The number of hydrogen-bond acceptors (Lipinski definition) is 3. The van der Waals surface area contributed by atoms with Crippen LogP contribution >= 0.6 is 0 Å². The van der Waals surface area contributed by atoms with E-state index in [1.54, 1.807) is 12.1 Å². The molecule has 86 valence electrons. The number of benzene rings is 1. The van der Waals surface area contributed by atoms with Gasteiger partial charge in [-0.05, 0) is 5.56 Å². The van der Waals surface area contributed by atoms with Gasteiger partial charge in [-0.25, -0.2) is 9.18 Å². The molecule has 1 amide bonds. The first-order valence-electron chi connectivity index (χ1n) is 4.76. The maximum Gasteiger partial charge on any atom is 0.407 e. The van der Waals surface area contributed by atoms with Gasteiger partial charge >= 0.3 is 6.09 Å². The summed E-state index contributed by atoms with van der Waals surface area (Å²) in [7, 11) is 0. The summed E-state index contributed by atoms with van der Waals surface area (Å²) in [6, 6.07) is 9.09. The fourth-order valence-electron chi connectivity index (χ4n) is 1.00. The molecule has 0 radical (unpaired) electrons. The van der Waals surface area contributed by atoms with E-state index in [9.17, 15) is 14.0 Å². The summed E-state index contributed by atoms with van der Waals surface area (Å²) in [6.45, 7) is -0.248. The van der Waals surface area contributed by atoms with Crippen molar-refractivity contribution >= 4 is 12.4 Å². The highest BCUT2D eigenvalue weighted by Crippen LogP contribution is 2.00. The van der Waals surface area contributed by atoms with Gasteiger partial charge in [0.05, 0.1) is 6.54 Å². The zero-order valence-electron chi connectivity index (χ0n) is 8.56. The maximum absolute atomic E-state index is 12.4. The number of carbonyl (C=O) groups excluding carboxylic acids is 2. The average molecular weight is 225 g/mol. The van der Waals surface area contributed by atoms with Crippen molar-refractivity contribution in [1.82, 2.24) is 5.32 Å². The summed E-state index contributed by atoms with van der Waals surface area (Å²) in [4.78, 5) is 21.0. The van der Waals surface area contributed by atoms with Gasteiger partial charge in [0.1, 0.15) is 6.61 Å². The molecule has 1 atom stereocenters. The van der Waals surface area contributed by atoms with Crippen molar-refractivity contribution in [3.8, 4) is 0 Å². The third-order valence-corrected chi connectivity index (χ3v) is 1.80. The first-order chi connectivity index (χ1) is 7.72. The molecule has 0 fully saturated rings. The maximum atomic E-state index is 12.4. The second-order valence-corrected chi connectivity index (χ2v) is 3.09. The molecule has 0 heterocycles. The summed E-state index contributed by atoms with van der Waals surface area (Å²) in [5, 5.41) is 2.14. The minimum atomic E-state index is -1.69. The van der Waals surface area contributed by atoms with Crippen LogP contribution in [0.25, 0.3) is 0 Å². The van der Waals surface area contributed by atoms with E-state index >= 15 is 0 Å². The van der Waals surface area contributed by atoms with Gasteiger partial charge in [0.15, 0.2) is 12.5 Å². The summed E-state index contributed by atoms with van der Waals surface area (Å²) < 4.78 is 17.2. The Hall–Kier alpha value is -1.91. The second-order valence-electron chi connectivity index (χ2n) is 3.09. The van der Waals surface area contributed by atoms with E-state index in [0.717, 1.165) is 5.56 Å². The van der Waals surface area contributed by atoms with Gasteiger partial charge in [0.2, 0.25) is 0 Å². The van der Waals surface area contributed by atoms with E-state index < -0.39 is 12.3 Å². The van der Waals surface area contributed by atoms with E-state index in [0.29, 0.717) is 0 Å². The number of hydrogen-bond donors (Lipinski definition) is 1. The molecule has 0 aliphatic carbocycles. The van der Waals surface area contributed by atoms with Crippen LogP contribution in [0.5, 0.6) is 0 Å². The summed E-state index contributed by atoms with van der Waals surface area (Å²) in [5.74, 6) is 0. The molecule has 0 aliphatic rings. The fraction of sp³-hybridized carbons (Fsp3) is 0.273. The van der Waals surface area contributed by atoms with Gasteiger partial charge in [0.25, 0.3) is 0 Å². The highest BCUT2D eigenvalue weighted by Gasteiger charge is 2.07. The van der Waals surface area contributed by atoms with Crippen LogP contribution < -0.4 is 5.32 Å². The number of aldehydes is 1. The van der Waals surface area contributed by atoms with Crippen LogP contribution in [0.15, 0.2) is 30.3 Å². The standard InChI is InChI=1S/C11H12FNO3/c12-10(7-14)6-13-11(15)16-8-9-4-2-1-3-5-9/h1-5,7,10H,6,8H2,(H,13,15)/t10-/m0/s1. The van der Waals surface area contributed by atoms with E-state index in [-0.39, 0.29) is 19.4 Å². The Kier molecular flexibility index (Phi) is 4.98. The number of rotatable bonds is 5. The van der Waals surface area contributed by atoms with Crippen LogP contribution in [0.1, 0.15) is 5.56 Å². The van der Waals surface area contributed by atoms with Crippen LogP contribution in [0, 0.1) is 0 Å². The van der Waals surface area contributed by atoms with Gasteiger partial charge < -0.3 is 14.8 Å². The zero-order valence-corrected chi connectivity index (χ0v) is 8.56. The molecule has 1 aromatic carbocycles. The van der Waals surface area contributed by atoms with Crippen molar-refractivity contribution in [3.05, 3.63) is 35.9 Å². The van der Waals surface area contributed by atoms with Gasteiger partial charge in [-0.1, -0.05) is 30.3 Å². The molecule has 5 heteroatoms. The van der Waals surface area contributed by atoms with E-state index in [1.807, 2.05) is 18.2 Å². The number of halogens is 1. The van der Waals surface area contributed by atoms with Crippen molar-refractivity contribution in [2.45, 2.75) is 12.8 Å². The zero-order chi connectivity index (χ0) is 11.8. The predicted octanol–water partition coefficient (Wildman–Crippen LogP) is 1.45. The molecule has 0 bridgehead atoms. The van der Waals surface area contributed by atoms with Crippen molar-refractivity contribution in [2.24, 2.45) is 0 Å². The van der Waals surface area contributed by atoms with E-state index in [2.05, 4.69) is 5.32 Å². The average Bonchev–Trinajstić information content (AvgIpc) is 2.34. The third-order valence-electron chi connectivity index (χ3n) is 1.80. The molecular formula is C11H12FNO3. The highest BCUT2D eigenvalue weighted by molar-refractivity contribution is 5.68. The molecule has 0 saturated carbocycles. The van der Waals surface area contributed by atoms with Crippen molar-refractivity contribution < 1.29 is 18.7 Å². The van der Waals surface area contributed by atoms with Crippen LogP contribution in [0.2, 0.25) is 0 Å². The number of ether oxygens (including phenoxy) is 1. The Balaban J connectivity index is 2.23. The Morgan fingerprint density at radius 1 is 1.44 bits per heavy atom. The van der Waals surface area contributed by atoms with Gasteiger partial charge in [-0.3, -0.25) is 0 Å². The Labute approximate surface area is 92.4 Å². The molecule has 0 aliphatic heterocycles. The Morgan fingerprint density at radius 3 is 2.75 bits per heavy atom. The molecule has 0 saturated heterocycles. The Bertz CT molecular complexity index is 342. The first kappa shape index (κ1) is 12.2. The number of nitrogens with one attached hydrogen (secondary N) is 1. The summed E-state index contributed by atoms with van der Waals surface area (Å²) in [5.41, 5.74) is 0.838. The molecule has 0 aromatic heterocycles. The molecule has 1 aromatic rings. The molecular weight excluding hydrogens is 213 g/mol. The lowest BCUT2D eigenvalue weighted by molar-refractivity contribution is -0.111. The minimum Gasteiger partial charge on any atom is -0.445 e. The van der Waals surface area contributed by atoms with E-state index in [1.165, 1.54) is 0 Å². The van der Waals surface area contributed by atoms with Gasteiger partial charge in [-0.15, -0.1) is 0 Å². The van der Waals surface area contributed by atoms with Crippen molar-refractivity contribution in [3.63, 3.8) is 0 Å². The lowest BCUT2D eigenvalue weighted by Gasteiger charge is -2.06. The molecule has 4 nitrogen and oxygen atoms in total. The number of alkyl halides is 1. The normalized spacial score (nSPS) is 11.6. The summed E-state index contributed by atoms with van der Waals surface area (Å²) >= 11 is 0.